The summed E-state index contributed by atoms with van der Waals surface area (Å²) in [7, 11) is 4.39. The van der Waals surface area contributed by atoms with Crippen LogP contribution in [0.25, 0.3) is 0 Å². The standard InChI is InChI=1S/C34H62N8/c1-16-34(17-2,42(15)26-19-24(4)39-32(10,11)21-26)27-35-28(40-33(12,13)22-30(5,6)7)37-29(36-27)41(14)25-18-23(3)38-31(8,9)20-25/h25-26,38-39H,3-4,16-22H2,1-2,5-15H3,(H,35,36,37,40). The molecule has 2 saturated heterocycles. The summed E-state index contributed by atoms with van der Waals surface area (Å²) < 4.78 is 0. The van der Waals surface area contributed by atoms with Crippen LogP contribution in [0.15, 0.2) is 24.6 Å². The van der Waals surface area contributed by atoms with Crippen LogP contribution in [-0.2, 0) is 5.54 Å². The molecule has 238 valence electrons. The van der Waals surface area contributed by atoms with Crippen LogP contribution >= 0.6 is 0 Å². The van der Waals surface area contributed by atoms with Crippen LogP contribution in [0.5, 0.6) is 0 Å². The van der Waals surface area contributed by atoms with E-state index in [0.29, 0.717) is 12.0 Å². The van der Waals surface area contributed by atoms with E-state index in [1.54, 1.807) is 0 Å². The number of hydrogen-bond acceptors (Lipinski definition) is 8. The molecular formula is C34H62N8. The third-order valence-corrected chi connectivity index (χ3v) is 9.20. The lowest BCUT2D eigenvalue weighted by Gasteiger charge is -2.49. The first kappa shape index (κ1) is 34.1. The maximum Gasteiger partial charge on any atom is 0.230 e. The van der Waals surface area contributed by atoms with Crippen molar-refractivity contribution in [1.29, 1.82) is 0 Å². The first-order valence-corrected chi connectivity index (χ1v) is 16.0. The first-order chi connectivity index (χ1) is 19.1. The number of anilines is 2. The van der Waals surface area contributed by atoms with Gasteiger partial charge in [-0.05, 0) is 86.1 Å². The second-order valence-corrected chi connectivity index (χ2v) is 16.3. The van der Waals surface area contributed by atoms with Crippen molar-refractivity contribution >= 4 is 11.9 Å². The molecule has 1 aromatic rings. The summed E-state index contributed by atoms with van der Waals surface area (Å²) in [5, 5.41) is 10.9. The molecule has 2 unspecified atom stereocenters. The summed E-state index contributed by atoms with van der Waals surface area (Å²) in [6, 6.07) is 0.567. The van der Waals surface area contributed by atoms with Gasteiger partial charge in [0.05, 0.1) is 5.54 Å². The molecule has 0 amide bonds. The van der Waals surface area contributed by atoms with Crippen molar-refractivity contribution in [3.05, 3.63) is 30.4 Å². The highest BCUT2D eigenvalue weighted by atomic mass is 15.3. The van der Waals surface area contributed by atoms with E-state index in [1.807, 2.05) is 0 Å². The highest BCUT2D eigenvalue weighted by molar-refractivity contribution is 5.41. The van der Waals surface area contributed by atoms with E-state index in [1.165, 1.54) is 0 Å². The van der Waals surface area contributed by atoms with Gasteiger partial charge in [-0.1, -0.05) is 47.8 Å². The first-order valence-electron chi connectivity index (χ1n) is 16.0. The normalized spacial score (nSPS) is 22.9. The topological polar surface area (TPSA) is 81.2 Å². The minimum atomic E-state index is -0.349. The van der Waals surface area contributed by atoms with Crippen LogP contribution in [0.3, 0.4) is 0 Å². The van der Waals surface area contributed by atoms with Gasteiger partial charge in [-0.15, -0.1) is 0 Å². The Morgan fingerprint density at radius 1 is 0.833 bits per heavy atom. The second-order valence-electron chi connectivity index (χ2n) is 16.3. The molecule has 0 radical (unpaired) electrons. The third-order valence-electron chi connectivity index (χ3n) is 9.20. The predicted octanol–water partition coefficient (Wildman–Crippen LogP) is 6.97. The number of piperidine rings is 2. The summed E-state index contributed by atoms with van der Waals surface area (Å²) in [6.07, 6.45) is 6.54. The van der Waals surface area contributed by atoms with Crippen LogP contribution in [0.1, 0.15) is 127 Å². The van der Waals surface area contributed by atoms with Gasteiger partial charge in [-0.2, -0.15) is 15.0 Å². The molecule has 0 saturated carbocycles. The highest BCUT2D eigenvalue weighted by Gasteiger charge is 2.44. The fourth-order valence-corrected chi connectivity index (χ4v) is 7.80. The second kappa shape index (κ2) is 12.0. The van der Waals surface area contributed by atoms with Crippen LogP contribution in [0.2, 0.25) is 0 Å². The van der Waals surface area contributed by atoms with Gasteiger partial charge in [0.1, 0.15) is 0 Å². The van der Waals surface area contributed by atoms with Gasteiger partial charge in [0, 0.05) is 60.0 Å². The van der Waals surface area contributed by atoms with E-state index in [-0.39, 0.29) is 33.6 Å². The van der Waals surface area contributed by atoms with Crippen molar-refractivity contribution in [2.75, 3.05) is 24.3 Å². The van der Waals surface area contributed by atoms with Gasteiger partial charge in [0.25, 0.3) is 0 Å². The number of nitrogens with zero attached hydrogens (tertiary/aromatic N) is 5. The van der Waals surface area contributed by atoms with E-state index < -0.39 is 0 Å². The molecule has 0 bridgehead atoms. The Labute approximate surface area is 257 Å². The molecule has 2 aliphatic rings. The van der Waals surface area contributed by atoms with Crippen LogP contribution in [0.4, 0.5) is 11.9 Å². The predicted molar refractivity (Wildman–Crippen MR) is 179 cm³/mol. The van der Waals surface area contributed by atoms with Gasteiger partial charge >= 0.3 is 0 Å². The van der Waals surface area contributed by atoms with E-state index in [2.05, 4.69) is 129 Å². The van der Waals surface area contributed by atoms with E-state index in [0.717, 1.165) is 68.1 Å². The fourth-order valence-electron chi connectivity index (χ4n) is 7.80. The lowest BCUT2D eigenvalue weighted by molar-refractivity contribution is 0.0280. The molecule has 3 heterocycles. The van der Waals surface area contributed by atoms with E-state index in [4.69, 9.17) is 15.0 Å². The maximum absolute atomic E-state index is 5.31. The van der Waals surface area contributed by atoms with Crippen molar-refractivity contribution in [2.45, 2.75) is 155 Å². The minimum absolute atomic E-state index is 0.0140. The minimum Gasteiger partial charge on any atom is -0.384 e. The van der Waals surface area contributed by atoms with Crippen molar-refractivity contribution in [2.24, 2.45) is 5.41 Å². The zero-order valence-electron chi connectivity index (χ0n) is 29.3. The Kier molecular flexibility index (Phi) is 9.73. The largest absolute Gasteiger partial charge is 0.384 e. The molecule has 0 aromatic carbocycles. The highest BCUT2D eigenvalue weighted by Crippen LogP contribution is 2.40. The Hall–Kier alpha value is -2.35. The van der Waals surface area contributed by atoms with Gasteiger partial charge in [0.15, 0.2) is 5.82 Å². The zero-order valence-corrected chi connectivity index (χ0v) is 29.3. The molecule has 8 heteroatoms. The summed E-state index contributed by atoms with van der Waals surface area (Å²) >= 11 is 0. The number of nitrogens with one attached hydrogen (secondary N) is 3. The molecule has 0 spiro atoms. The van der Waals surface area contributed by atoms with Crippen molar-refractivity contribution in [1.82, 2.24) is 30.5 Å². The Morgan fingerprint density at radius 3 is 1.81 bits per heavy atom. The Bertz CT molecular complexity index is 1120. The van der Waals surface area contributed by atoms with Crippen molar-refractivity contribution < 1.29 is 0 Å². The quantitative estimate of drug-likeness (QED) is 0.273. The van der Waals surface area contributed by atoms with E-state index >= 15 is 0 Å². The van der Waals surface area contributed by atoms with Crippen molar-refractivity contribution in [3.8, 4) is 0 Å². The van der Waals surface area contributed by atoms with Crippen LogP contribution in [0, 0.1) is 5.41 Å². The average Bonchev–Trinajstić information content (AvgIpc) is 2.80. The van der Waals surface area contributed by atoms with Gasteiger partial charge in [0.2, 0.25) is 11.9 Å². The molecule has 2 aliphatic heterocycles. The smallest absolute Gasteiger partial charge is 0.230 e. The zero-order chi connectivity index (χ0) is 31.9. The van der Waals surface area contributed by atoms with Gasteiger partial charge in [-0.25, -0.2) is 0 Å². The molecule has 3 rings (SSSR count). The van der Waals surface area contributed by atoms with Crippen LogP contribution in [-0.4, -0.2) is 62.6 Å². The molecule has 1 aromatic heterocycles. The summed E-state index contributed by atoms with van der Waals surface area (Å²) in [5.41, 5.74) is 1.72. The Morgan fingerprint density at radius 2 is 1.33 bits per heavy atom. The van der Waals surface area contributed by atoms with Crippen LogP contribution < -0.4 is 20.9 Å². The number of aromatic nitrogens is 3. The van der Waals surface area contributed by atoms with E-state index in [9.17, 15) is 0 Å². The molecule has 8 nitrogen and oxygen atoms in total. The molecular weight excluding hydrogens is 520 g/mol. The molecule has 42 heavy (non-hydrogen) atoms. The van der Waals surface area contributed by atoms with Gasteiger partial charge in [-0.3, -0.25) is 4.90 Å². The van der Waals surface area contributed by atoms with Gasteiger partial charge < -0.3 is 20.9 Å². The van der Waals surface area contributed by atoms with Crippen molar-refractivity contribution in [3.63, 3.8) is 0 Å². The summed E-state index contributed by atoms with van der Waals surface area (Å²) in [6.45, 7) is 33.5. The number of hydrogen-bond donors (Lipinski definition) is 3. The summed E-state index contributed by atoms with van der Waals surface area (Å²) in [5.74, 6) is 2.21. The lowest BCUT2D eigenvalue weighted by atomic mass is 9.81. The molecule has 3 N–H and O–H groups in total. The maximum atomic E-state index is 5.31. The third kappa shape index (κ3) is 8.18. The lowest BCUT2D eigenvalue weighted by Crippen LogP contribution is -2.57. The summed E-state index contributed by atoms with van der Waals surface area (Å²) in [4.78, 5) is 20.4. The Balaban J connectivity index is 2.13. The fraction of sp³-hybridized carbons (Fsp3) is 0.794. The SMILES string of the molecule is C=C1CC(N(C)c2nc(NC(C)(C)CC(C)(C)C)nc(C(CC)(CC)N(C)C3CC(=C)NC(C)(C)C3)n2)CC(C)(C)N1. The monoisotopic (exact) mass is 583 g/mol. The number of rotatable bonds is 10. The molecule has 0 aliphatic carbocycles. The average molecular weight is 583 g/mol. The molecule has 2 fully saturated rings. The molecule has 2 atom stereocenters.